The summed E-state index contributed by atoms with van der Waals surface area (Å²) in [5, 5.41) is 2.92. The van der Waals surface area contributed by atoms with Crippen LogP contribution in [0.4, 0.5) is 5.95 Å². The van der Waals surface area contributed by atoms with Gasteiger partial charge in [0.25, 0.3) is 5.91 Å². The van der Waals surface area contributed by atoms with Gasteiger partial charge in [0, 0.05) is 25.3 Å². The monoisotopic (exact) mass is 340 g/mol. The molecule has 1 aliphatic rings. The van der Waals surface area contributed by atoms with E-state index in [2.05, 4.69) is 20.2 Å². The van der Waals surface area contributed by atoms with Gasteiger partial charge in [0.15, 0.2) is 0 Å². The smallest absolute Gasteiger partial charge is 0.270 e. The number of anilines is 1. The van der Waals surface area contributed by atoms with Crippen molar-refractivity contribution < 1.29 is 9.53 Å². The van der Waals surface area contributed by atoms with E-state index in [1.807, 2.05) is 31.2 Å². The molecular formula is C19H24N4O2. The Morgan fingerprint density at radius 1 is 1.20 bits per heavy atom. The molecule has 6 nitrogen and oxygen atoms in total. The van der Waals surface area contributed by atoms with Gasteiger partial charge >= 0.3 is 0 Å². The van der Waals surface area contributed by atoms with Gasteiger partial charge in [-0.3, -0.25) is 4.79 Å². The van der Waals surface area contributed by atoms with Crippen molar-refractivity contribution in [2.24, 2.45) is 0 Å². The highest BCUT2D eigenvalue weighted by Crippen LogP contribution is 2.17. The number of aryl methyl sites for hydroxylation is 1. The van der Waals surface area contributed by atoms with Gasteiger partial charge in [0.2, 0.25) is 5.95 Å². The first-order chi connectivity index (χ1) is 12.2. The lowest BCUT2D eigenvalue weighted by molar-refractivity contribution is 0.0945. The topological polar surface area (TPSA) is 67.3 Å². The number of nitrogens with zero attached hydrogens (tertiary/aromatic N) is 3. The minimum Gasteiger partial charge on any atom is -0.497 e. The molecule has 1 aliphatic heterocycles. The van der Waals surface area contributed by atoms with Crippen molar-refractivity contribution in [1.29, 1.82) is 0 Å². The van der Waals surface area contributed by atoms with Gasteiger partial charge in [-0.05, 0) is 49.9 Å². The van der Waals surface area contributed by atoms with Crippen molar-refractivity contribution in [3.63, 3.8) is 0 Å². The average molecular weight is 340 g/mol. The number of methoxy groups -OCH3 is 1. The Labute approximate surface area is 148 Å². The fraction of sp³-hybridized carbons (Fsp3) is 0.421. The van der Waals surface area contributed by atoms with Crippen molar-refractivity contribution in [1.82, 2.24) is 15.3 Å². The summed E-state index contributed by atoms with van der Waals surface area (Å²) in [4.78, 5) is 23.7. The average Bonchev–Trinajstić information content (AvgIpc) is 2.66. The maximum absolute atomic E-state index is 12.5. The molecule has 1 amide bonds. The Bertz CT molecular complexity index is 742. The van der Waals surface area contributed by atoms with Crippen LogP contribution in [0.15, 0.2) is 30.3 Å². The molecule has 0 aliphatic carbocycles. The molecule has 2 aromatic rings. The Balaban J connectivity index is 1.69. The zero-order valence-corrected chi connectivity index (χ0v) is 14.8. The number of carbonyl (C=O) groups excluding carboxylic acids is 1. The molecule has 1 N–H and O–H groups in total. The Kier molecular flexibility index (Phi) is 5.48. The summed E-state index contributed by atoms with van der Waals surface area (Å²) >= 11 is 0. The van der Waals surface area contributed by atoms with E-state index in [0.717, 1.165) is 42.9 Å². The van der Waals surface area contributed by atoms with Crippen molar-refractivity contribution in [3.8, 4) is 5.75 Å². The second kappa shape index (κ2) is 7.96. The second-order valence-electron chi connectivity index (χ2n) is 6.28. The van der Waals surface area contributed by atoms with E-state index in [0.29, 0.717) is 18.2 Å². The van der Waals surface area contributed by atoms with Gasteiger partial charge < -0.3 is 15.0 Å². The molecule has 1 aromatic carbocycles. The van der Waals surface area contributed by atoms with Crippen LogP contribution in [0.5, 0.6) is 5.75 Å². The van der Waals surface area contributed by atoms with E-state index in [4.69, 9.17) is 4.74 Å². The van der Waals surface area contributed by atoms with Crippen LogP contribution in [0.25, 0.3) is 0 Å². The minimum atomic E-state index is -0.188. The minimum absolute atomic E-state index is 0.188. The fourth-order valence-electron chi connectivity index (χ4n) is 2.96. The van der Waals surface area contributed by atoms with Crippen LogP contribution in [-0.2, 0) is 6.54 Å². The summed E-state index contributed by atoms with van der Waals surface area (Å²) in [6.07, 6.45) is 3.54. The maximum Gasteiger partial charge on any atom is 0.270 e. The first-order valence-electron chi connectivity index (χ1n) is 8.67. The number of hydrogen-bond donors (Lipinski definition) is 1. The zero-order valence-electron chi connectivity index (χ0n) is 14.8. The standard InChI is InChI=1S/C19H24N4O2/c1-14-11-17(22-19(21-14)23-9-4-3-5-10-23)18(24)20-13-15-7-6-8-16(12-15)25-2/h6-8,11-12H,3-5,9-10,13H2,1-2H3,(H,20,24). The Hall–Kier alpha value is -2.63. The molecule has 0 saturated carbocycles. The number of carbonyl (C=O) groups is 1. The summed E-state index contributed by atoms with van der Waals surface area (Å²) in [5.41, 5.74) is 2.20. The largest absolute Gasteiger partial charge is 0.497 e. The summed E-state index contributed by atoms with van der Waals surface area (Å²) in [6, 6.07) is 9.37. The van der Waals surface area contributed by atoms with E-state index >= 15 is 0 Å². The summed E-state index contributed by atoms with van der Waals surface area (Å²) < 4.78 is 5.21. The van der Waals surface area contributed by atoms with Gasteiger partial charge in [0.05, 0.1) is 7.11 Å². The van der Waals surface area contributed by atoms with Gasteiger partial charge in [-0.2, -0.15) is 0 Å². The Morgan fingerprint density at radius 3 is 2.76 bits per heavy atom. The molecule has 132 valence electrons. The molecule has 0 radical (unpaired) electrons. The van der Waals surface area contributed by atoms with E-state index in [-0.39, 0.29) is 5.91 Å². The number of amides is 1. The normalized spacial score (nSPS) is 14.2. The third-order valence-corrected chi connectivity index (χ3v) is 4.30. The van der Waals surface area contributed by atoms with Crippen molar-refractivity contribution in [3.05, 3.63) is 47.3 Å². The number of rotatable bonds is 5. The van der Waals surface area contributed by atoms with E-state index in [1.54, 1.807) is 13.2 Å². The van der Waals surface area contributed by atoms with Gasteiger partial charge in [-0.15, -0.1) is 0 Å². The molecule has 0 unspecified atom stereocenters. The third-order valence-electron chi connectivity index (χ3n) is 4.30. The van der Waals surface area contributed by atoms with Crippen LogP contribution in [0, 0.1) is 6.92 Å². The van der Waals surface area contributed by atoms with Gasteiger partial charge in [0.1, 0.15) is 11.4 Å². The van der Waals surface area contributed by atoms with Crippen LogP contribution in [0.3, 0.4) is 0 Å². The third kappa shape index (κ3) is 4.47. The van der Waals surface area contributed by atoms with E-state index < -0.39 is 0 Å². The SMILES string of the molecule is COc1cccc(CNC(=O)c2cc(C)nc(N3CCCCC3)n2)c1. The summed E-state index contributed by atoms with van der Waals surface area (Å²) in [7, 11) is 1.63. The van der Waals surface area contributed by atoms with Crippen LogP contribution in [0.1, 0.15) is 41.0 Å². The first kappa shape index (κ1) is 17.2. The molecule has 1 saturated heterocycles. The first-order valence-corrected chi connectivity index (χ1v) is 8.67. The lowest BCUT2D eigenvalue weighted by Gasteiger charge is -2.27. The highest BCUT2D eigenvalue weighted by molar-refractivity contribution is 5.92. The molecule has 2 heterocycles. The predicted molar refractivity (Wildman–Crippen MR) is 97.0 cm³/mol. The van der Waals surface area contributed by atoms with E-state index in [1.165, 1.54) is 6.42 Å². The predicted octanol–water partition coefficient (Wildman–Crippen LogP) is 2.71. The second-order valence-corrected chi connectivity index (χ2v) is 6.28. The molecule has 0 atom stereocenters. The Morgan fingerprint density at radius 2 is 2.00 bits per heavy atom. The summed E-state index contributed by atoms with van der Waals surface area (Å²) in [5.74, 6) is 1.25. The van der Waals surface area contributed by atoms with E-state index in [9.17, 15) is 4.79 Å². The lowest BCUT2D eigenvalue weighted by Crippen LogP contribution is -2.32. The van der Waals surface area contributed by atoms with Crippen molar-refractivity contribution in [2.45, 2.75) is 32.7 Å². The maximum atomic E-state index is 12.5. The number of ether oxygens (including phenoxy) is 1. The highest BCUT2D eigenvalue weighted by atomic mass is 16.5. The molecule has 6 heteroatoms. The molecule has 3 rings (SSSR count). The number of aromatic nitrogens is 2. The van der Waals surface area contributed by atoms with Crippen LogP contribution >= 0.6 is 0 Å². The molecule has 0 bridgehead atoms. The lowest BCUT2D eigenvalue weighted by atomic mass is 10.1. The molecule has 25 heavy (non-hydrogen) atoms. The fourth-order valence-corrected chi connectivity index (χ4v) is 2.96. The summed E-state index contributed by atoms with van der Waals surface area (Å²) in [6.45, 7) is 4.23. The van der Waals surface area contributed by atoms with Crippen molar-refractivity contribution in [2.75, 3.05) is 25.1 Å². The molecule has 0 spiro atoms. The quantitative estimate of drug-likeness (QED) is 0.906. The number of nitrogens with one attached hydrogen (secondary N) is 1. The number of piperidine rings is 1. The number of hydrogen-bond acceptors (Lipinski definition) is 5. The number of benzene rings is 1. The van der Waals surface area contributed by atoms with Gasteiger partial charge in [-0.1, -0.05) is 12.1 Å². The highest BCUT2D eigenvalue weighted by Gasteiger charge is 2.17. The zero-order chi connectivity index (χ0) is 17.6. The van der Waals surface area contributed by atoms with Crippen LogP contribution < -0.4 is 15.0 Å². The van der Waals surface area contributed by atoms with Crippen LogP contribution in [-0.4, -0.2) is 36.1 Å². The van der Waals surface area contributed by atoms with Crippen molar-refractivity contribution >= 4 is 11.9 Å². The van der Waals surface area contributed by atoms with Gasteiger partial charge in [-0.25, -0.2) is 9.97 Å². The molecule has 1 fully saturated rings. The molecule has 1 aromatic heterocycles. The van der Waals surface area contributed by atoms with Crippen LogP contribution in [0.2, 0.25) is 0 Å². The molecular weight excluding hydrogens is 316 g/mol.